The number of nitrogens with zero attached hydrogens (tertiary/aromatic N) is 2. The number of nitrogens with one attached hydrogen (secondary N) is 2. The Morgan fingerprint density at radius 2 is 1.21 bits per heavy atom. The van der Waals surface area contributed by atoms with Gasteiger partial charge in [0.05, 0.1) is 20.4 Å². The van der Waals surface area contributed by atoms with Crippen molar-refractivity contribution >= 4 is 78.4 Å². The first-order valence-corrected chi connectivity index (χ1v) is 12.0. The molecule has 4 aromatic rings. The van der Waals surface area contributed by atoms with Gasteiger partial charge in [-0.25, -0.2) is 9.97 Å². The zero-order valence-electron chi connectivity index (χ0n) is 18.9. The van der Waals surface area contributed by atoms with Gasteiger partial charge < -0.3 is 20.8 Å². The number of hydrogen-bond acceptors (Lipinski definition) is 8. The maximum atomic E-state index is 13.2. The summed E-state index contributed by atoms with van der Waals surface area (Å²) in [4.78, 5) is 32.8. The third-order valence-electron chi connectivity index (χ3n) is 4.79. The number of amides is 2. The number of allylic oxidation sites excluding steroid dienone is 2. The van der Waals surface area contributed by atoms with Crippen LogP contribution in [0.25, 0.3) is 32.6 Å². The standard InChI is InChI=1S/C23H15F5N4O4S2/c1-22(24,25)16(33)8-18-31-12-4-2-10(6-14(12)37-18)29-20(35)21(36)30-11-3-5-13-15(7-11)38-19(32-13)9-17(34)23(26,27)28/h2-9,33-34H,1H3,(H,29,35)(H,30,36). The summed E-state index contributed by atoms with van der Waals surface area (Å²) < 4.78 is 64.8. The van der Waals surface area contributed by atoms with Gasteiger partial charge in [0.1, 0.15) is 10.0 Å². The smallest absolute Gasteiger partial charge is 0.448 e. The molecule has 0 fully saturated rings. The Morgan fingerprint density at radius 3 is 1.61 bits per heavy atom. The molecule has 2 amide bonds. The average molecular weight is 571 g/mol. The van der Waals surface area contributed by atoms with Crippen LogP contribution in [0, 0.1) is 0 Å². The molecule has 8 nitrogen and oxygen atoms in total. The summed E-state index contributed by atoms with van der Waals surface area (Å²) in [6.07, 6.45) is -3.59. The Bertz CT molecular complexity index is 1500. The molecule has 198 valence electrons. The molecule has 4 rings (SSSR count). The lowest BCUT2D eigenvalue weighted by Gasteiger charge is -2.07. The Balaban J connectivity index is 1.45. The van der Waals surface area contributed by atoms with Crippen molar-refractivity contribution in [1.82, 2.24) is 9.97 Å². The number of thiazole rings is 2. The van der Waals surface area contributed by atoms with Crippen LogP contribution in [0.4, 0.5) is 33.3 Å². The molecule has 0 bridgehead atoms. The van der Waals surface area contributed by atoms with Crippen LogP contribution in [0.2, 0.25) is 0 Å². The van der Waals surface area contributed by atoms with Gasteiger partial charge >= 0.3 is 23.9 Å². The topological polar surface area (TPSA) is 124 Å². The van der Waals surface area contributed by atoms with E-state index in [0.29, 0.717) is 33.4 Å². The van der Waals surface area contributed by atoms with E-state index in [9.17, 15) is 36.6 Å². The van der Waals surface area contributed by atoms with E-state index >= 15 is 0 Å². The van der Waals surface area contributed by atoms with Crippen LogP contribution in [0.3, 0.4) is 0 Å². The van der Waals surface area contributed by atoms with Crippen molar-refractivity contribution in [2.45, 2.75) is 19.0 Å². The number of alkyl halides is 5. The Kier molecular flexibility index (Phi) is 7.08. The van der Waals surface area contributed by atoms with E-state index in [1.165, 1.54) is 36.4 Å². The van der Waals surface area contributed by atoms with Crippen molar-refractivity contribution in [2.75, 3.05) is 10.6 Å². The molecule has 0 saturated carbocycles. The van der Waals surface area contributed by atoms with Gasteiger partial charge in [0.15, 0.2) is 5.76 Å². The van der Waals surface area contributed by atoms with Crippen LogP contribution in [-0.4, -0.2) is 44.1 Å². The second-order valence-electron chi connectivity index (χ2n) is 7.82. The molecule has 0 unspecified atom stereocenters. The molecule has 2 heterocycles. The second kappa shape index (κ2) is 9.98. The first-order chi connectivity index (χ1) is 17.7. The van der Waals surface area contributed by atoms with Gasteiger partial charge in [-0.05, 0) is 36.4 Å². The molecular weight excluding hydrogens is 555 g/mol. The van der Waals surface area contributed by atoms with Crippen molar-refractivity contribution in [3.63, 3.8) is 0 Å². The zero-order chi connectivity index (χ0) is 27.8. The number of aromatic nitrogens is 2. The molecule has 38 heavy (non-hydrogen) atoms. The van der Waals surface area contributed by atoms with Crippen molar-refractivity contribution in [3.8, 4) is 0 Å². The van der Waals surface area contributed by atoms with Crippen molar-refractivity contribution < 1.29 is 41.8 Å². The van der Waals surface area contributed by atoms with E-state index in [0.717, 1.165) is 28.7 Å². The van der Waals surface area contributed by atoms with Gasteiger partial charge in [-0.2, -0.15) is 22.0 Å². The highest BCUT2D eigenvalue weighted by molar-refractivity contribution is 7.19. The van der Waals surface area contributed by atoms with E-state index in [1.54, 1.807) is 0 Å². The molecule has 4 N–H and O–H groups in total. The lowest BCUT2D eigenvalue weighted by Crippen LogP contribution is -2.29. The molecule has 2 aromatic carbocycles. The number of carbonyl (C=O) groups excluding carboxylic acids is 2. The lowest BCUT2D eigenvalue weighted by molar-refractivity contribution is -0.132. The number of benzene rings is 2. The maximum absolute atomic E-state index is 13.2. The molecule has 0 atom stereocenters. The predicted octanol–water partition coefficient (Wildman–Crippen LogP) is 6.50. The highest BCUT2D eigenvalue weighted by atomic mass is 32.1. The summed E-state index contributed by atoms with van der Waals surface area (Å²) >= 11 is 1.82. The van der Waals surface area contributed by atoms with Crippen molar-refractivity contribution in [3.05, 3.63) is 57.9 Å². The summed E-state index contributed by atoms with van der Waals surface area (Å²) in [6.45, 7) is 0.541. The Labute approximate surface area is 217 Å². The molecule has 0 spiro atoms. The Hall–Kier alpha value is -4.11. The molecule has 0 aliphatic heterocycles. The van der Waals surface area contributed by atoms with E-state index in [-0.39, 0.29) is 21.4 Å². The minimum atomic E-state index is -4.91. The van der Waals surface area contributed by atoms with Gasteiger partial charge in [0, 0.05) is 30.5 Å². The summed E-state index contributed by atoms with van der Waals surface area (Å²) in [5.41, 5.74) is 1.15. The normalized spacial score (nSPS) is 13.2. The number of aliphatic hydroxyl groups is 2. The average Bonchev–Trinajstić information content (AvgIpc) is 3.39. The zero-order valence-corrected chi connectivity index (χ0v) is 20.6. The molecule has 0 saturated heterocycles. The largest absolute Gasteiger partial charge is 0.506 e. The molecule has 15 heteroatoms. The van der Waals surface area contributed by atoms with E-state index in [1.807, 2.05) is 0 Å². The number of aliphatic hydroxyl groups excluding tert-OH is 2. The summed E-state index contributed by atoms with van der Waals surface area (Å²) in [6, 6.07) is 8.66. The Morgan fingerprint density at radius 1 is 0.789 bits per heavy atom. The SMILES string of the molecule is CC(F)(F)C(O)=Cc1nc2ccc(NC(=O)C(=O)Nc3ccc4nc(C=C(O)C(F)(F)F)sc4c3)cc2s1. The van der Waals surface area contributed by atoms with Crippen LogP contribution in [0.5, 0.6) is 0 Å². The third-order valence-corrected chi connectivity index (χ3v) is 6.72. The maximum Gasteiger partial charge on any atom is 0.448 e. The number of rotatable bonds is 5. The van der Waals surface area contributed by atoms with Gasteiger partial charge in [-0.1, -0.05) is 0 Å². The van der Waals surface area contributed by atoms with Crippen LogP contribution >= 0.6 is 22.7 Å². The fraction of sp³-hybridized carbons (Fsp3) is 0.130. The molecule has 0 aliphatic carbocycles. The number of carbonyl (C=O) groups is 2. The number of hydrogen-bond donors (Lipinski definition) is 4. The summed E-state index contributed by atoms with van der Waals surface area (Å²) in [7, 11) is 0. The summed E-state index contributed by atoms with van der Waals surface area (Å²) in [5.74, 6) is -8.44. The first-order valence-electron chi connectivity index (χ1n) is 10.4. The first kappa shape index (κ1) is 26.9. The van der Waals surface area contributed by atoms with Crippen LogP contribution in [-0.2, 0) is 9.59 Å². The number of anilines is 2. The minimum absolute atomic E-state index is 0.105. The van der Waals surface area contributed by atoms with E-state index in [4.69, 9.17) is 5.11 Å². The molecule has 2 aromatic heterocycles. The van der Waals surface area contributed by atoms with Crippen LogP contribution < -0.4 is 10.6 Å². The van der Waals surface area contributed by atoms with E-state index in [2.05, 4.69) is 20.6 Å². The van der Waals surface area contributed by atoms with Crippen LogP contribution in [0.15, 0.2) is 47.9 Å². The summed E-state index contributed by atoms with van der Waals surface area (Å²) in [5, 5.41) is 23.3. The second-order valence-corrected chi connectivity index (χ2v) is 9.95. The fourth-order valence-electron chi connectivity index (χ4n) is 2.98. The fourth-order valence-corrected chi connectivity index (χ4v) is 4.87. The molecule has 0 aliphatic rings. The third kappa shape index (κ3) is 6.23. The monoisotopic (exact) mass is 570 g/mol. The van der Waals surface area contributed by atoms with Crippen LogP contribution in [0.1, 0.15) is 16.9 Å². The van der Waals surface area contributed by atoms with Gasteiger partial charge in [-0.15, -0.1) is 22.7 Å². The quantitative estimate of drug-likeness (QED) is 0.123. The lowest BCUT2D eigenvalue weighted by atomic mass is 10.2. The van der Waals surface area contributed by atoms with Gasteiger partial charge in [0.25, 0.3) is 0 Å². The number of fused-ring (bicyclic) bond motifs is 2. The van der Waals surface area contributed by atoms with Crippen molar-refractivity contribution in [1.29, 1.82) is 0 Å². The van der Waals surface area contributed by atoms with Crippen molar-refractivity contribution in [2.24, 2.45) is 0 Å². The molecular formula is C23H15F5N4O4S2. The minimum Gasteiger partial charge on any atom is -0.506 e. The number of halogens is 5. The highest BCUT2D eigenvalue weighted by Crippen LogP contribution is 2.31. The van der Waals surface area contributed by atoms with Gasteiger partial charge in [-0.3, -0.25) is 9.59 Å². The predicted molar refractivity (Wildman–Crippen MR) is 134 cm³/mol. The van der Waals surface area contributed by atoms with E-state index < -0.39 is 35.4 Å². The van der Waals surface area contributed by atoms with Gasteiger partial charge in [0.2, 0.25) is 5.76 Å². The highest BCUT2D eigenvalue weighted by Gasteiger charge is 2.34. The molecule has 0 radical (unpaired) electrons.